The zero-order chi connectivity index (χ0) is 23.2. The molecule has 33 heavy (non-hydrogen) atoms. The highest BCUT2D eigenvalue weighted by molar-refractivity contribution is 6.31. The van der Waals surface area contributed by atoms with Gasteiger partial charge in [-0.1, -0.05) is 11.6 Å². The number of carbonyl (C=O) groups excluding carboxylic acids is 1. The van der Waals surface area contributed by atoms with Gasteiger partial charge in [-0.15, -0.1) is 0 Å². The molecule has 0 aromatic carbocycles. The third kappa shape index (κ3) is 4.15. The number of anilines is 1. The Hall–Kier alpha value is -3.13. The quantitative estimate of drug-likeness (QED) is 0.634. The lowest BCUT2D eigenvalue weighted by atomic mass is 9.86. The standard InChI is InChI=1S/C24H27ClN6O2/c1-15-19(18-11-27-30(2)13-18)8-16-4-5-24(29-23(16)28-15)6-7-31(14-24)22(32)10-17-9-21(33-3)26-12-20(17)25/h8-9,11-13H,4-7,10,14H2,1-3H3,(H,28,29)/t24-/m0/s1. The predicted octanol–water partition coefficient (Wildman–Crippen LogP) is 3.42. The topological polar surface area (TPSA) is 85.2 Å². The van der Waals surface area contributed by atoms with E-state index in [2.05, 4.69) is 21.5 Å². The second-order valence-corrected chi connectivity index (χ2v) is 9.40. The maximum absolute atomic E-state index is 13.1. The maximum Gasteiger partial charge on any atom is 0.227 e. The van der Waals surface area contributed by atoms with E-state index in [1.165, 1.54) is 11.8 Å². The number of fused-ring (bicyclic) bond motifs is 1. The zero-order valence-corrected chi connectivity index (χ0v) is 19.8. The van der Waals surface area contributed by atoms with Gasteiger partial charge in [0.25, 0.3) is 0 Å². The van der Waals surface area contributed by atoms with Crippen LogP contribution in [0.4, 0.5) is 5.82 Å². The number of nitrogens with zero attached hydrogens (tertiary/aromatic N) is 5. The molecule has 3 aromatic rings. The van der Waals surface area contributed by atoms with Gasteiger partial charge in [0.05, 0.1) is 30.3 Å². The Bertz CT molecular complexity index is 1230. The van der Waals surface area contributed by atoms with Crippen molar-refractivity contribution in [3.05, 3.63) is 52.6 Å². The van der Waals surface area contributed by atoms with E-state index in [1.54, 1.807) is 17.9 Å². The van der Waals surface area contributed by atoms with Gasteiger partial charge in [-0.2, -0.15) is 5.10 Å². The Kier molecular flexibility index (Phi) is 5.48. The lowest BCUT2D eigenvalue weighted by molar-refractivity contribution is -0.129. The second-order valence-electron chi connectivity index (χ2n) is 9.00. The zero-order valence-electron chi connectivity index (χ0n) is 19.1. The van der Waals surface area contributed by atoms with Crippen molar-refractivity contribution >= 4 is 23.3 Å². The molecular weight excluding hydrogens is 440 g/mol. The summed E-state index contributed by atoms with van der Waals surface area (Å²) in [7, 11) is 3.47. The summed E-state index contributed by atoms with van der Waals surface area (Å²) in [5.74, 6) is 1.45. The lowest BCUT2D eigenvalue weighted by Gasteiger charge is -2.36. The molecule has 1 saturated heterocycles. The van der Waals surface area contributed by atoms with Gasteiger partial charge in [0.15, 0.2) is 0 Å². The largest absolute Gasteiger partial charge is 0.481 e. The van der Waals surface area contributed by atoms with E-state index in [0.717, 1.165) is 47.5 Å². The number of aromatic nitrogens is 4. The molecule has 8 nitrogen and oxygen atoms in total. The van der Waals surface area contributed by atoms with Crippen LogP contribution in [0.2, 0.25) is 5.02 Å². The highest BCUT2D eigenvalue weighted by Crippen LogP contribution is 2.38. The third-order valence-corrected chi connectivity index (χ3v) is 7.07. The molecule has 5 heterocycles. The Balaban J connectivity index is 1.30. The number of nitrogens with one attached hydrogen (secondary N) is 1. The van der Waals surface area contributed by atoms with Crippen LogP contribution in [0.15, 0.2) is 30.7 Å². The van der Waals surface area contributed by atoms with Crippen LogP contribution in [-0.4, -0.2) is 56.3 Å². The molecule has 1 atom stereocenters. The fourth-order valence-corrected chi connectivity index (χ4v) is 5.03. The SMILES string of the molecule is COc1cc(CC(=O)N2CC[C@@]3(CCc4cc(-c5cnn(C)c5)c(C)nc4N3)C2)c(Cl)cn1. The molecule has 172 valence electrons. The van der Waals surface area contributed by atoms with Crippen molar-refractivity contribution in [3.63, 3.8) is 0 Å². The van der Waals surface area contributed by atoms with Crippen LogP contribution < -0.4 is 10.1 Å². The number of rotatable bonds is 4. The molecule has 0 saturated carbocycles. The van der Waals surface area contributed by atoms with E-state index in [-0.39, 0.29) is 17.9 Å². The summed E-state index contributed by atoms with van der Waals surface area (Å²) in [4.78, 5) is 24.0. The first-order valence-electron chi connectivity index (χ1n) is 11.1. The van der Waals surface area contributed by atoms with E-state index >= 15 is 0 Å². The normalized spacial score (nSPS) is 19.5. The van der Waals surface area contributed by atoms with Crippen LogP contribution >= 0.6 is 11.6 Å². The van der Waals surface area contributed by atoms with E-state index in [1.807, 2.05) is 31.3 Å². The average Bonchev–Trinajstić information content (AvgIpc) is 3.41. The molecule has 0 unspecified atom stereocenters. The summed E-state index contributed by atoms with van der Waals surface area (Å²) in [5, 5.41) is 8.46. The van der Waals surface area contributed by atoms with Crippen LogP contribution in [0, 0.1) is 6.92 Å². The fraction of sp³-hybridized carbons (Fsp3) is 0.417. The van der Waals surface area contributed by atoms with Gasteiger partial charge in [0.2, 0.25) is 11.8 Å². The van der Waals surface area contributed by atoms with E-state index in [0.29, 0.717) is 24.0 Å². The summed E-state index contributed by atoms with van der Waals surface area (Å²) in [5.41, 5.74) is 4.97. The van der Waals surface area contributed by atoms with Gasteiger partial charge in [-0.25, -0.2) is 9.97 Å². The van der Waals surface area contributed by atoms with Crippen molar-refractivity contribution in [2.75, 3.05) is 25.5 Å². The number of amides is 1. The molecule has 0 radical (unpaired) electrons. The summed E-state index contributed by atoms with van der Waals surface area (Å²) in [6.45, 7) is 3.41. The number of likely N-dealkylation sites (tertiary alicyclic amines) is 1. The first-order chi connectivity index (χ1) is 15.9. The lowest BCUT2D eigenvalue weighted by Crippen LogP contribution is -2.45. The van der Waals surface area contributed by atoms with Gasteiger partial charge in [0.1, 0.15) is 5.82 Å². The van der Waals surface area contributed by atoms with E-state index < -0.39 is 0 Å². The summed E-state index contributed by atoms with van der Waals surface area (Å²) < 4.78 is 6.98. The van der Waals surface area contributed by atoms with Crippen molar-refractivity contribution in [1.82, 2.24) is 24.6 Å². The van der Waals surface area contributed by atoms with Crippen molar-refractivity contribution in [2.45, 2.75) is 38.1 Å². The number of ether oxygens (including phenoxy) is 1. The predicted molar refractivity (Wildman–Crippen MR) is 127 cm³/mol. The molecule has 2 aliphatic heterocycles. The molecule has 3 aromatic heterocycles. The molecule has 5 rings (SSSR count). The number of pyridine rings is 2. The summed E-state index contributed by atoms with van der Waals surface area (Å²) in [6.07, 6.45) is 8.44. The minimum absolute atomic E-state index is 0.0608. The van der Waals surface area contributed by atoms with Crippen molar-refractivity contribution < 1.29 is 9.53 Å². The Morgan fingerprint density at radius 1 is 1.30 bits per heavy atom. The first kappa shape index (κ1) is 21.7. The Morgan fingerprint density at radius 2 is 2.15 bits per heavy atom. The molecule has 0 bridgehead atoms. The first-order valence-corrected chi connectivity index (χ1v) is 11.5. The number of methoxy groups -OCH3 is 1. The molecule has 1 fully saturated rings. The van der Waals surface area contributed by atoms with Crippen LogP contribution in [0.25, 0.3) is 11.1 Å². The van der Waals surface area contributed by atoms with Crippen molar-refractivity contribution in [2.24, 2.45) is 7.05 Å². The highest BCUT2D eigenvalue weighted by atomic mass is 35.5. The number of aryl methyl sites for hydroxylation is 3. The fourth-order valence-electron chi connectivity index (χ4n) is 4.86. The third-order valence-electron chi connectivity index (χ3n) is 6.73. The summed E-state index contributed by atoms with van der Waals surface area (Å²) >= 11 is 6.26. The molecule has 2 aliphatic rings. The number of hydrogen-bond acceptors (Lipinski definition) is 6. The molecular formula is C24H27ClN6O2. The molecule has 1 spiro atoms. The van der Waals surface area contributed by atoms with Gasteiger partial charge in [0, 0.05) is 55.4 Å². The van der Waals surface area contributed by atoms with Crippen LogP contribution in [-0.2, 0) is 24.7 Å². The number of carbonyl (C=O) groups is 1. The van der Waals surface area contributed by atoms with E-state index in [9.17, 15) is 4.79 Å². The average molecular weight is 467 g/mol. The van der Waals surface area contributed by atoms with Crippen LogP contribution in [0.1, 0.15) is 29.7 Å². The molecule has 1 amide bonds. The van der Waals surface area contributed by atoms with Crippen LogP contribution in [0.3, 0.4) is 0 Å². The smallest absolute Gasteiger partial charge is 0.227 e. The Morgan fingerprint density at radius 3 is 2.91 bits per heavy atom. The van der Waals surface area contributed by atoms with Gasteiger partial charge >= 0.3 is 0 Å². The highest BCUT2D eigenvalue weighted by Gasteiger charge is 2.42. The summed E-state index contributed by atoms with van der Waals surface area (Å²) in [6, 6.07) is 3.96. The minimum Gasteiger partial charge on any atom is -0.481 e. The van der Waals surface area contributed by atoms with Crippen molar-refractivity contribution in [3.8, 4) is 17.0 Å². The number of halogens is 1. The molecule has 0 aliphatic carbocycles. The van der Waals surface area contributed by atoms with Crippen molar-refractivity contribution in [1.29, 1.82) is 0 Å². The monoisotopic (exact) mass is 466 g/mol. The van der Waals surface area contributed by atoms with Gasteiger partial charge < -0.3 is 15.0 Å². The minimum atomic E-state index is -0.141. The van der Waals surface area contributed by atoms with Crippen LogP contribution in [0.5, 0.6) is 5.88 Å². The van der Waals surface area contributed by atoms with E-state index in [4.69, 9.17) is 21.3 Å². The van der Waals surface area contributed by atoms with Gasteiger partial charge in [-0.3, -0.25) is 9.48 Å². The number of hydrogen-bond donors (Lipinski definition) is 1. The molecule has 1 N–H and O–H groups in total. The van der Waals surface area contributed by atoms with Gasteiger partial charge in [-0.05, 0) is 43.4 Å². The Labute approximate surface area is 197 Å². The molecule has 9 heteroatoms. The second kappa shape index (κ2) is 8.33. The maximum atomic E-state index is 13.1.